The first-order valence-corrected chi connectivity index (χ1v) is 29.1. The Labute approximate surface area is 495 Å². The maximum absolute atomic E-state index is 12.3. The van der Waals surface area contributed by atoms with Crippen molar-refractivity contribution in [1.82, 2.24) is 39.9 Å². The highest BCUT2D eigenvalue weighted by Gasteiger charge is 2.36. The van der Waals surface area contributed by atoms with Gasteiger partial charge in [0.15, 0.2) is 37.0 Å². The van der Waals surface area contributed by atoms with Crippen LogP contribution in [0.25, 0.3) is 115 Å². The second-order valence-corrected chi connectivity index (χ2v) is 22.2. The van der Waals surface area contributed by atoms with Crippen LogP contribution in [0.1, 0.15) is 117 Å². The summed E-state index contributed by atoms with van der Waals surface area (Å²) in [6.45, 7) is 0. The molecule has 2 aromatic carbocycles. The van der Waals surface area contributed by atoms with Gasteiger partial charge in [-0.2, -0.15) is 9.13 Å². The normalized spacial score (nSPS) is 15.8. The minimum Gasteiger partial charge on any atom is -0.355 e. The van der Waals surface area contributed by atoms with Gasteiger partial charge in [0.25, 0.3) is 0 Å². The Kier molecular flexibility index (Phi) is 13.3. The summed E-state index contributed by atoms with van der Waals surface area (Å²) < 4.78 is 5.00. The molecule has 12 nitrogen and oxygen atoms in total. The fourth-order valence-corrected chi connectivity index (χ4v) is 12.5. The monoisotopic (exact) mass is 1120 g/mol. The Balaban J connectivity index is 0.796. The Bertz CT molecular complexity index is 4630. The summed E-state index contributed by atoms with van der Waals surface area (Å²) >= 11 is 0. The highest BCUT2D eigenvalue weighted by molar-refractivity contribution is 6.15. The summed E-state index contributed by atoms with van der Waals surface area (Å²) in [4.78, 5) is 58.7. The van der Waals surface area contributed by atoms with Gasteiger partial charge < -0.3 is 19.9 Å². The molecule has 12 heteroatoms. The number of fused-ring (bicyclic) bond motifs is 16. The average molecular weight is 1120 g/mol. The number of pyridine rings is 2. The first-order chi connectivity index (χ1) is 42.4. The van der Waals surface area contributed by atoms with E-state index < -0.39 is 0 Å². The first kappa shape index (κ1) is 51.6. The van der Waals surface area contributed by atoms with Crippen molar-refractivity contribution >= 4 is 128 Å². The lowest BCUT2D eigenvalue weighted by atomic mass is 9.88. The molecule has 10 aromatic rings. The third-order valence-electron chi connectivity index (χ3n) is 16.5. The molecule has 15 rings (SSSR count). The van der Waals surface area contributed by atoms with Crippen molar-refractivity contribution in [3.05, 3.63) is 274 Å². The number of aromatic nitrogens is 10. The molecule has 86 heavy (non-hydrogen) atoms. The zero-order chi connectivity index (χ0) is 57.5. The molecule has 5 aliphatic rings. The van der Waals surface area contributed by atoms with E-state index in [2.05, 4.69) is 175 Å². The second kappa shape index (κ2) is 22.2. The molecular formula is C74H56N10O2+2. The maximum Gasteiger partial charge on any atom is 0.213 e. The molecule has 0 atom stereocenters. The number of nitrogens with one attached hydrogen (secondary N) is 4. The largest absolute Gasteiger partial charge is 0.355 e. The number of hydrogen-bond donors (Lipinski definition) is 4. The summed E-state index contributed by atoms with van der Waals surface area (Å²) in [6, 6.07) is 63.2. The van der Waals surface area contributed by atoms with E-state index in [1.165, 1.54) is 0 Å². The summed E-state index contributed by atoms with van der Waals surface area (Å²) in [5.41, 5.74) is 22.6. The minimum absolute atomic E-state index is 0.234. The van der Waals surface area contributed by atoms with Crippen LogP contribution in [-0.2, 0) is 9.59 Å². The van der Waals surface area contributed by atoms with Gasteiger partial charge in [0.05, 0.1) is 56.7 Å². The van der Waals surface area contributed by atoms with Crippen LogP contribution in [0.3, 0.4) is 0 Å². The number of H-pyrrole nitrogens is 4. The highest BCUT2D eigenvalue weighted by atomic mass is 16.1. The molecule has 0 unspecified atom stereocenters. The van der Waals surface area contributed by atoms with Crippen LogP contribution in [0.4, 0.5) is 0 Å². The molecule has 8 aromatic heterocycles. The number of aldehydes is 2. The molecule has 0 amide bonds. The van der Waals surface area contributed by atoms with Gasteiger partial charge in [-0.3, -0.25) is 9.59 Å². The van der Waals surface area contributed by atoms with Gasteiger partial charge in [0.1, 0.15) is 0 Å². The zero-order valence-corrected chi connectivity index (χ0v) is 46.7. The molecule has 0 saturated heterocycles. The number of allylic oxidation sites excluding steroid dienone is 2. The van der Waals surface area contributed by atoms with Crippen molar-refractivity contribution in [3.8, 4) is 0 Å². The van der Waals surface area contributed by atoms with Crippen molar-refractivity contribution in [1.29, 1.82) is 0 Å². The van der Waals surface area contributed by atoms with E-state index in [0.717, 1.165) is 150 Å². The number of nitrogens with zero attached hydrogens (tertiary/aromatic N) is 6. The third-order valence-corrected chi connectivity index (χ3v) is 16.5. The number of carbonyl (C=O) groups is 2. The van der Waals surface area contributed by atoms with E-state index in [1.807, 2.05) is 97.1 Å². The molecule has 0 radical (unpaired) electrons. The summed E-state index contributed by atoms with van der Waals surface area (Å²) in [7, 11) is 0. The lowest BCUT2D eigenvalue weighted by Crippen LogP contribution is -2.49. The van der Waals surface area contributed by atoms with Gasteiger partial charge in [-0.15, -0.1) is 0 Å². The predicted molar refractivity (Wildman–Crippen MR) is 344 cm³/mol. The molecule has 1 saturated carbocycles. The Morgan fingerprint density at radius 1 is 0.384 bits per heavy atom. The maximum atomic E-state index is 12.3. The summed E-state index contributed by atoms with van der Waals surface area (Å²) in [5.74, 6) is 0. The lowest BCUT2D eigenvalue weighted by Gasteiger charge is -2.25. The minimum atomic E-state index is 0.234. The van der Waals surface area contributed by atoms with Crippen molar-refractivity contribution in [2.45, 2.75) is 37.8 Å². The van der Waals surface area contributed by atoms with Crippen LogP contribution in [0.5, 0.6) is 0 Å². The Morgan fingerprint density at radius 3 is 1.19 bits per heavy atom. The van der Waals surface area contributed by atoms with Crippen molar-refractivity contribution in [2.24, 2.45) is 0 Å². The summed E-state index contributed by atoms with van der Waals surface area (Å²) in [6.07, 6.45) is 26.5. The van der Waals surface area contributed by atoms with Crippen LogP contribution >= 0.6 is 0 Å². The average Bonchev–Trinajstić information content (AvgIpc) is 1.93. The zero-order valence-electron chi connectivity index (χ0n) is 46.7. The molecule has 412 valence electrons. The van der Waals surface area contributed by atoms with Crippen molar-refractivity contribution in [3.63, 3.8) is 0 Å². The lowest BCUT2D eigenvalue weighted by molar-refractivity contribution is -0.750. The van der Waals surface area contributed by atoms with Gasteiger partial charge in [-0.25, -0.2) is 19.9 Å². The van der Waals surface area contributed by atoms with E-state index in [1.54, 1.807) is 0 Å². The fraction of sp³-hybridized carbons (Fsp3) is 0.0811. The van der Waals surface area contributed by atoms with Gasteiger partial charge in [-0.05, 0) is 157 Å². The molecule has 1 aliphatic carbocycles. The second-order valence-electron chi connectivity index (χ2n) is 22.2. The Hall–Kier alpha value is -11.2. The number of benzene rings is 2. The van der Waals surface area contributed by atoms with Gasteiger partial charge in [0.2, 0.25) is 11.4 Å². The van der Waals surface area contributed by atoms with Crippen LogP contribution in [0, 0.1) is 0 Å². The number of aromatic amines is 4. The number of hydrogen-bond acceptors (Lipinski definition) is 6. The standard InChI is InChI=1S/C74H54N10O2/c85-45-51-33-63-39-61-31-49(69(79-61)41-57-21-17-53(75-57)37-55-19-23-59(77-55)43-71(51)81-63)35-67(47-11-3-1-4-12-47)73-15-7-9-29-83(73)65-25-27-66(28-26-65)84-30-10-8-16-74(84)68(48-13-5-2-6-14-48)36-50-32-62-40-64-34-52(46-86)72(82-64)44-60-24-20-56(78-60)38-54-18-22-58(76-54)42-70(50)80-62/h1-24,29-46,65-66H,25-28H2,(H2,75,76,77,78,79,80,81,82)/p+2. The van der Waals surface area contributed by atoms with E-state index >= 15 is 0 Å². The van der Waals surface area contributed by atoms with Crippen LogP contribution in [0.15, 0.2) is 194 Å². The van der Waals surface area contributed by atoms with Gasteiger partial charge in [0, 0.05) is 116 Å². The van der Waals surface area contributed by atoms with Crippen molar-refractivity contribution in [2.75, 3.05) is 0 Å². The van der Waals surface area contributed by atoms with E-state index in [4.69, 9.17) is 19.9 Å². The molecule has 1 fully saturated rings. The van der Waals surface area contributed by atoms with E-state index in [0.29, 0.717) is 33.9 Å². The predicted octanol–water partition coefficient (Wildman–Crippen LogP) is 14.9. The summed E-state index contributed by atoms with van der Waals surface area (Å²) in [5, 5.41) is 0. The molecule has 4 aliphatic heterocycles. The third kappa shape index (κ3) is 10.5. The van der Waals surface area contributed by atoms with E-state index in [9.17, 15) is 9.59 Å². The number of rotatable bonds is 10. The Morgan fingerprint density at radius 2 is 0.767 bits per heavy atom. The molecule has 12 heterocycles. The van der Waals surface area contributed by atoms with E-state index in [-0.39, 0.29) is 12.1 Å². The molecule has 4 N–H and O–H groups in total. The smallest absolute Gasteiger partial charge is 0.213 e. The SMILES string of the molecule is O=CC1=Cc2cc3cc(/C=C(\c4ccccc4)c4cccc[n+]4C4CCC([n+]5ccccc5/C(=C/c5cc6cc7nc(cc8ccc(cc9nc(cc5[nH]6)C=C9)[nH]8)C(C=O)=C7)c5ccccc5)CC4)c(cc4nc(cc5ccc(cc1n2)[nH]5)C=C4)[nH]3. The molecule has 0 spiro atoms. The highest BCUT2D eigenvalue weighted by Crippen LogP contribution is 2.36. The molecular weight excluding hydrogens is 1060 g/mol. The topological polar surface area (TPSA) is 157 Å². The van der Waals surface area contributed by atoms with Crippen LogP contribution < -0.4 is 9.13 Å². The fourth-order valence-electron chi connectivity index (χ4n) is 12.5. The first-order valence-electron chi connectivity index (χ1n) is 29.1. The van der Waals surface area contributed by atoms with Crippen molar-refractivity contribution < 1.29 is 18.7 Å². The quantitative estimate of drug-likeness (QED) is 0.0789. The van der Waals surface area contributed by atoms with Gasteiger partial charge >= 0.3 is 0 Å². The van der Waals surface area contributed by atoms with Gasteiger partial charge in [-0.1, -0.05) is 60.7 Å². The van der Waals surface area contributed by atoms with Crippen LogP contribution in [-0.4, -0.2) is 52.4 Å². The number of carbonyl (C=O) groups excluding carboxylic acids is 2. The van der Waals surface area contributed by atoms with Crippen LogP contribution in [0.2, 0.25) is 0 Å². The molecule has 16 bridgehead atoms.